The van der Waals surface area contributed by atoms with Crippen molar-refractivity contribution in [2.45, 2.75) is 57.1 Å². The fraction of sp³-hybridized carbons (Fsp3) is 0.923. The number of hydrogen-bond donors (Lipinski definition) is 2. The summed E-state index contributed by atoms with van der Waals surface area (Å²) in [6.45, 7) is 1.00. The van der Waals surface area contributed by atoms with Crippen molar-refractivity contribution in [1.82, 2.24) is 4.90 Å². The fourth-order valence-corrected chi connectivity index (χ4v) is 3.58. The van der Waals surface area contributed by atoms with Crippen LogP contribution in [0.25, 0.3) is 0 Å². The number of aliphatic hydroxyl groups excluding tert-OH is 1. The Hall–Kier alpha value is -0.610. The third kappa shape index (κ3) is 2.33. The van der Waals surface area contributed by atoms with Gasteiger partial charge in [-0.2, -0.15) is 0 Å². The maximum atomic E-state index is 11.7. The first-order valence-electron chi connectivity index (χ1n) is 6.68. The number of carboxylic acid groups (broad SMARTS) is 1. The molecule has 17 heavy (non-hydrogen) atoms. The second-order valence-corrected chi connectivity index (χ2v) is 5.68. The lowest BCUT2D eigenvalue weighted by Crippen LogP contribution is -2.54. The van der Waals surface area contributed by atoms with E-state index in [-0.39, 0.29) is 12.1 Å². The van der Waals surface area contributed by atoms with Crippen LogP contribution in [-0.2, 0) is 4.79 Å². The molecule has 2 rings (SSSR count). The quantitative estimate of drug-likeness (QED) is 0.768. The van der Waals surface area contributed by atoms with Crippen LogP contribution in [0.5, 0.6) is 0 Å². The lowest BCUT2D eigenvalue weighted by Gasteiger charge is -2.47. The van der Waals surface area contributed by atoms with Crippen molar-refractivity contribution >= 4 is 5.97 Å². The van der Waals surface area contributed by atoms with Gasteiger partial charge in [-0.25, -0.2) is 0 Å². The predicted octanol–water partition coefficient (Wildman–Crippen LogP) is 1.48. The van der Waals surface area contributed by atoms with Crippen LogP contribution in [0.4, 0.5) is 0 Å². The highest BCUT2D eigenvalue weighted by molar-refractivity contribution is 5.76. The van der Waals surface area contributed by atoms with Gasteiger partial charge in [0.2, 0.25) is 0 Å². The van der Waals surface area contributed by atoms with E-state index in [0.29, 0.717) is 25.7 Å². The molecule has 0 spiro atoms. The van der Waals surface area contributed by atoms with E-state index in [1.807, 2.05) is 7.05 Å². The topological polar surface area (TPSA) is 60.8 Å². The summed E-state index contributed by atoms with van der Waals surface area (Å²) in [7, 11) is 2.04. The van der Waals surface area contributed by atoms with Gasteiger partial charge in [-0.1, -0.05) is 6.42 Å². The van der Waals surface area contributed by atoms with E-state index in [4.69, 9.17) is 0 Å². The van der Waals surface area contributed by atoms with Crippen molar-refractivity contribution < 1.29 is 15.0 Å². The molecule has 1 aliphatic heterocycles. The lowest BCUT2D eigenvalue weighted by molar-refractivity contribution is -0.159. The van der Waals surface area contributed by atoms with Crippen LogP contribution in [0, 0.1) is 5.41 Å². The number of likely N-dealkylation sites (tertiary alicyclic amines) is 1. The number of carboxylic acids is 1. The smallest absolute Gasteiger partial charge is 0.311 e. The van der Waals surface area contributed by atoms with Gasteiger partial charge in [0.05, 0.1) is 11.5 Å². The number of hydrogen-bond acceptors (Lipinski definition) is 3. The normalized spacial score (nSPS) is 40.1. The van der Waals surface area contributed by atoms with Gasteiger partial charge in [0.25, 0.3) is 0 Å². The highest BCUT2D eigenvalue weighted by Gasteiger charge is 2.49. The maximum absolute atomic E-state index is 11.7. The van der Waals surface area contributed by atoms with Crippen LogP contribution in [0.15, 0.2) is 0 Å². The average Bonchev–Trinajstić information content (AvgIpc) is 2.31. The number of aliphatic hydroxyl groups is 1. The van der Waals surface area contributed by atoms with E-state index in [9.17, 15) is 15.0 Å². The molecule has 0 bridgehead atoms. The van der Waals surface area contributed by atoms with Gasteiger partial charge in [0, 0.05) is 6.04 Å². The summed E-state index contributed by atoms with van der Waals surface area (Å²) in [5, 5.41) is 19.2. The molecule has 1 saturated heterocycles. The molecule has 1 atom stereocenters. The van der Waals surface area contributed by atoms with Crippen LogP contribution >= 0.6 is 0 Å². The highest BCUT2D eigenvalue weighted by atomic mass is 16.4. The Labute approximate surface area is 103 Å². The molecule has 1 aliphatic carbocycles. The Balaban J connectivity index is 2.18. The summed E-state index contributed by atoms with van der Waals surface area (Å²) >= 11 is 0. The first-order chi connectivity index (χ1) is 8.06. The Bertz CT molecular complexity index is 284. The predicted molar refractivity (Wildman–Crippen MR) is 64.8 cm³/mol. The third-order valence-corrected chi connectivity index (χ3v) is 4.68. The van der Waals surface area contributed by atoms with Crippen molar-refractivity contribution in [3.8, 4) is 0 Å². The summed E-state index contributed by atoms with van der Waals surface area (Å²) in [5.41, 5.74) is -0.617. The van der Waals surface area contributed by atoms with Crippen LogP contribution < -0.4 is 0 Å². The molecule has 4 heteroatoms. The van der Waals surface area contributed by atoms with Gasteiger partial charge in [-0.05, 0) is 52.1 Å². The molecular weight excluding hydrogens is 218 g/mol. The Morgan fingerprint density at radius 2 is 1.88 bits per heavy atom. The fourth-order valence-electron chi connectivity index (χ4n) is 3.58. The van der Waals surface area contributed by atoms with Gasteiger partial charge >= 0.3 is 5.97 Å². The Kier molecular flexibility index (Phi) is 3.73. The molecule has 98 valence electrons. The molecule has 0 amide bonds. The summed E-state index contributed by atoms with van der Waals surface area (Å²) in [6, 6.07) is 0.154. The first-order valence-corrected chi connectivity index (χ1v) is 6.68. The van der Waals surface area contributed by atoms with Gasteiger partial charge in [-0.3, -0.25) is 4.79 Å². The minimum Gasteiger partial charge on any atom is -0.481 e. The molecule has 1 heterocycles. The number of rotatable bonds is 2. The molecule has 2 fully saturated rings. The Morgan fingerprint density at radius 1 is 1.24 bits per heavy atom. The zero-order valence-electron chi connectivity index (χ0n) is 10.6. The second-order valence-electron chi connectivity index (χ2n) is 5.68. The number of carbonyl (C=O) groups is 1. The lowest BCUT2D eigenvalue weighted by atomic mass is 9.66. The first kappa shape index (κ1) is 12.8. The van der Waals surface area contributed by atoms with Crippen LogP contribution in [0.3, 0.4) is 0 Å². The summed E-state index contributed by atoms with van der Waals surface area (Å²) in [6.07, 6.45) is 5.51. The van der Waals surface area contributed by atoms with Gasteiger partial charge in [-0.15, -0.1) is 0 Å². The maximum Gasteiger partial charge on any atom is 0.311 e. The SMILES string of the molecule is CN1CCCCC1C1(C(=O)O)CCC(O)CC1. The van der Waals surface area contributed by atoms with Gasteiger partial charge in [0.15, 0.2) is 0 Å². The van der Waals surface area contributed by atoms with Crippen LogP contribution in [-0.4, -0.2) is 46.8 Å². The summed E-state index contributed by atoms with van der Waals surface area (Å²) < 4.78 is 0. The van der Waals surface area contributed by atoms with Crippen molar-refractivity contribution in [2.75, 3.05) is 13.6 Å². The summed E-state index contributed by atoms with van der Waals surface area (Å²) in [5.74, 6) is -0.664. The molecular formula is C13H23NO3. The molecule has 0 radical (unpaired) electrons. The molecule has 2 aliphatic rings. The zero-order valence-corrected chi connectivity index (χ0v) is 10.6. The number of nitrogens with zero attached hydrogens (tertiary/aromatic N) is 1. The number of piperidine rings is 1. The zero-order chi connectivity index (χ0) is 12.5. The molecule has 0 aromatic rings. The van der Waals surface area contributed by atoms with E-state index in [1.165, 1.54) is 6.42 Å². The molecule has 1 saturated carbocycles. The third-order valence-electron chi connectivity index (χ3n) is 4.68. The highest BCUT2D eigenvalue weighted by Crippen LogP contribution is 2.44. The van der Waals surface area contributed by atoms with Crippen LogP contribution in [0.1, 0.15) is 44.9 Å². The van der Waals surface area contributed by atoms with E-state index in [1.54, 1.807) is 0 Å². The number of aliphatic carboxylic acids is 1. The summed E-state index contributed by atoms with van der Waals surface area (Å²) in [4.78, 5) is 13.9. The Morgan fingerprint density at radius 3 is 2.41 bits per heavy atom. The van der Waals surface area contributed by atoms with E-state index in [0.717, 1.165) is 19.4 Å². The molecule has 0 aromatic carbocycles. The van der Waals surface area contributed by atoms with E-state index < -0.39 is 11.4 Å². The van der Waals surface area contributed by atoms with Crippen molar-refractivity contribution in [2.24, 2.45) is 5.41 Å². The van der Waals surface area contributed by atoms with Crippen LogP contribution in [0.2, 0.25) is 0 Å². The monoisotopic (exact) mass is 241 g/mol. The molecule has 0 aromatic heterocycles. The van der Waals surface area contributed by atoms with E-state index >= 15 is 0 Å². The minimum absolute atomic E-state index is 0.154. The van der Waals surface area contributed by atoms with Crippen molar-refractivity contribution in [3.63, 3.8) is 0 Å². The van der Waals surface area contributed by atoms with E-state index in [2.05, 4.69) is 4.90 Å². The standard InChI is InChI=1S/C13H23NO3/c1-14-9-3-2-4-11(14)13(12(16)17)7-5-10(15)6-8-13/h10-11,15H,2-9H2,1H3,(H,16,17). The largest absolute Gasteiger partial charge is 0.481 e. The molecule has 4 nitrogen and oxygen atoms in total. The van der Waals surface area contributed by atoms with Gasteiger partial charge < -0.3 is 15.1 Å². The molecule has 1 unspecified atom stereocenters. The molecule has 2 N–H and O–H groups in total. The minimum atomic E-state index is -0.664. The van der Waals surface area contributed by atoms with Crippen molar-refractivity contribution in [3.05, 3.63) is 0 Å². The average molecular weight is 241 g/mol. The van der Waals surface area contributed by atoms with Crippen molar-refractivity contribution in [1.29, 1.82) is 0 Å². The second kappa shape index (κ2) is 4.94. The van der Waals surface area contributed by atoms with Gasteiger partial charge in [0.1, 0.15) is 0 Å².